The summed E-state index contributed by atoms with van der Waals surface area (Å²) in [6.45, 7) is 2.40. The Morgan fingerprint density at radius 3 is 2.46 bits per heavy atom. The van der Waals surface area contributed by atoms with Crippen molar-refractivity contribution in [1.82, 2.24) is 5.32 Å². The Balaban J connectivity index is 1.61. The van der Waals surface area contributed by atoms with E-state index in [9.17, 15) is 9.59 Å². The van der Waals surface area contributed by atoms with Crippen LogP contribution in [-0.2, 0) is 14.3 Å². The van der Waals surface area contributed by atoms with Crippen LogP contribution in [0.4, 0.5) is 0 Å². The predicted molar refractivity (Wildman–Crippen MR) is 100 cm³/mol. The lowest BCUT2D eigenvalue weighted by Gasteiger charge is -2.43. The van der Waals surface area contributed by atoms with Crippen molar-refractivity contribution in [3.8, 4) is 0 Å². The molecule has 2 saturated carbocycles. The molecule has 3 N–H and O–H groups in total. The molecule has 3 unspecified atom stereocenters. The Hall–Kier alpha value is -1.88. The number of rotatable bonds is 6. The van der Waals surface area contributed by atoms with Gasteiger partial charge in [0.1, 0.15) is 0 Å². The van der Waals surface area contributed by atoms with Crippen molar-refractivity contribution in [2.75, 3.05) is 13.2 Å². The lowest BCUT2D eigenvalue weighted by Crippen LogP contribution is -2.49. The molecule has 5 nitrogen and oxygen atoms in total. The van der Waals surface area contributed by atoms with E-state index in [4.69, 9.17) is 10.5 Å². The van der Waals surface area contributed by atoms with Crippen LogP contribution in [0.2, 0.25) is 0 Å². The van der Waals surface area contributed by atoms with E-state index in [1.165, 1.54) is 6.42 Å². The number of fused-ring (bicyclic) bond motifs is 2. The molecule has 0 heterocycles. The number of nitrogens with one attached hydrogen (secondary N) is 1. The molecule has 0 spiro atoms. The molecule has 3 atom stereocenters. The van der Waals surface area contributed by atoms with E-state index < -0.39 is 5.92 Å². The third kappa shape index (κ3) is 4.26. The third-order valence-electron chi connectivity index (χ3n) is 6.04. The van der Waals surface area contributed by atoms with Gasteiger partial charge in [-0.15, -0.1) is 0 Å². The number of benzene rings is 1. The number of esters is 1. The highest BCUT2D eigenvalue weighted by Crippen LogP contribution is 2.41. The number of ether oxygens (including phenoxy) is 1. The van der Waals surface area contributed by atoms with Crippen LogP contribution in [-0.4, -0.2) is 31.1 Å². The van der Waals surface area contributed by atoms with Gasteiger partial charge < -0.3 is 15.8 Å². The summed E-state index contributed by atoms with van der Waals surface area (Å²) in [4.78, 5) is 25.1. The second-order valence-electron chi connectivity index (χ2n) is 7.66. The molecule has 2 aliphatic rings. The lowest BCUT2D eigenvalue weighted by molar-refractivity contribution is -0.145. The van der Waals surface area contributed by atoms with Crippen molar-refractivity contribution in [1.29, 1.82) is 0 Å². The fraction of sp³-hybridized carbons (Fsp3) is 0.619. The molecule has 0 saturated heterocycles. The van der Waals surface area contributed by atoms with Gasteiger partial charge in [-0.2, -0.15) is 0 Å². The fourth-order valence-corrected chi connectivity index (χ4v) is 4.62. The minimum atomic E-state index is -0.467. The molecule has 0 aliphatic heterocycles. The maximum atomic E-state index is 12.7. The summed E-state index contributed by atoms with van der Waals surface area (Å²) in [5, 5.41) is 3.01. The van der Waals surface area contributed by atoms with E-state index >= 15 is 0 Å². The maximum Gasteiger partial charge on any atom is 0.315 e. The summed E-state index contributed by atoms with van der Waals surface area (Å²) in [5.41, 5.74) is 7.19. The Morgan fingerprint density at radius 2 is 1.85 bits per heavy atom. The van der Waals surface area contributed by atoms with Crippen molar-refractivity contribution in [3.63, 3.8) is 0 Å². The van der Waals surface area contributed by atoms with E-state index in [2.05, 4.69) is 5.32 Å². The normalized spacial score (nSPS) is 28.8. The van der Waals surface area contributed by atoms with Crippen LogP contribution >= 0.6 is 0 Å². The molecule has 2 fully saturated rings. The molecule has 1 aromatic rings. The SMILES string of the molecule is CCOC(=O)C(CNC(=O)C1CC2CCCC(C1)C2N)c1ccccc1. The van der Waals surface area contributed by atoms with Crippen LogP contribution in [0.15, 0.2) is 30.3 Å². The first-order valence-electron chi connectivity index (χ1n) is 9.85. The zero-order valence-corrected chi connectivity index (χ0v) is 15.5. The van der Waals surface area contributed by atoms with Crippen LogP contribution in [0.3, 0.4) is 0 Å². The van der Waals surface area contributed by atoms with Gasteiger partial charge in [0, 0.05) is 18.5 Å². The summed E-state index contributed by atoms with van der Waals surface area (Å²) in [6.07, 6.45) is 5.25. The second-order valence-corrected chi connectivity index (χ2v) is 7.66. The molecular weight excluding hydrogens is 328 g/mol. The van der Waals surface area contributed by atoms with Crippen LogP contribution in [0.1, 0.15) is 50.5 Å². The average molecular weight is 358 g/mol. The van der Waals surface area contributed by atoms with E-state index in [1.54, 1.807) is 6.92 Å². The van der Waals surface area contributed by atoms with Crippen molar-refractivity contribution < 1.29 is 14.3 Å². The van der Waals surface area contributed by atoms with E-state index in [0.29, 0.717) is 18.4 Å². The van der Waals surface area contributed by atoms with E-state index in [1.807, 2.05) is 30.3 Å². The minimum absolute atomic E-state index is 0.0173. The Kier molecular flexibility index (Phi) is 6.30. The molecule has 3 rings (SSSR count). The van der Waals surface area contributed by atoms with Crippen molar-refractivity contribution in [2.24, 2.45) is 23.5 Å². The summed E-state index contributed by atoms with van der Waals surface area (Å²) in [6, 6.07) is 9.76. The van der Waals surface area contributed by atoms with Crippen LogP contribution in [0.5, 0.6) is 0 Å². The van der Waals surface area contributed by atoms with E-state index in [-0.39, 0.29) is 30.4 Å². The molecule has 2 bridgehead atoms. The van der Waals surface area contributed by atoms with Crippen molar-refractivity contribution in [2.45, 2.75) is 51.0 Å². The largest absolute Gasteiger partial charge is 0.465 e. The number of nitrogens with two attached hydrogens (primary N) is 1. The van der Waals surface area contributed by atoms with Gasteiger partial charge in [0.05, 0.1) is 12.5 Å². The van der Waals surface area contributed by atoms with Gasteiger partial charge in [0.2, 0.25) is 5.91 Å². The topological polar surface area (TPSA) is 81.4 Å². The van der Waals surface area contributed by atoms with Crippen molar-refractivity contribution in [3.05, 3.63) is 35.9 Å². The van der Waals surface area contributed by atoms with Gasteiger partial charge in [-0.1, -0.05) is 36.8 Å². The molecule has 1 aromatic carbocycles. The van der Waals surface area contributed by atoms with Gasteiger partial charge in [-0.3, -0.25) is 9.59 Å². The van der Waals surface area contributed by atoms with Gasteiger partial charge in [-0.25, -0.2) is 0 Å². The Morgan fingerprint density at radius 1 is 1.19 bits per heavy atom. The molecule has 5 heteroatoms. The average Bonchev–Trinajstić information content (AvgIpc) is 2.62. The zero-order valence-electron chi connectivity index (χ0n) is 15.5. The number of carbonyl (C=O) groups is 2. The summed E-state index contributed by atoms with van der Waals surface area (Å²) >= 11 is 0. The van der Waals surface area contributed by atoms with Gasteiger partial charge in [0.25, 0.3) is 0 Å². The van der Waals surface area contributed by atoms with Crippen LogP contribution < -0.4 is 11.1 Å². The highest BCUT2D eigenvalue weighted by molar-refractivity contribution is 5.82. The van der Waals surface area contributed by atoms with Gasteiger partial charge >= 0.3 is 5.97 Å². The minimum Gasteiger partial charge on any atom is -0.465 e. The number of hydrogen-bond donors (Lipinski definition) is 2. The first kappa shape index (κ1) is 18.9. The molecule has 0 radical (unpaired) electrons. The summed E-state index contributed by atoms with van der Waals surface area (Å²) in [7, 11) is 0. The molecule has 2 aliphatic carbocycles. The van der Waals surface area contributed by atoms with Crippen LogP contribution in [0.25, 0.3) is 0 Å². The molecule has 142 valence electrons. The fourth-order valence-electron chi connectivity index (χ4n) is 4.62. The number of carbonyl (C=O) groups excluding carboxylic acids is 2. The Labute approximate surface area is 155 Å². The summed E-state index contributed by atoms with van der Waals surface area (Å²) in [5.74, 6) is 0.246. The molecule has 0 aromatic heterocycles. The second kappa shape index (κ2) is 8.67. The number of amides is 1. The molecular formula is C21H30N2O3. The number of hydrogen-bond acceptors (Lipinski definition) is 4. The van der Waals surface area contributed by atoms with E-state index in [0.717, 1.165) is 31.2 Å². The third-order valence-corrected chi connectivity index (χ3v) is 6.04. The lowest BCUT2D eigenvalue weighted by atomic mass is 9.65. The maximum absolute atomic E-state index is 12.7. The first-order valence-corrected chi connectivity index (χ1v) is 9.85. The first-order chi connectivity index (χ1) is 12.6. The Bertz CT molecular complexity index is 605. The molecule has 26 heavy (non-hydrogen) atoms. The predicted octanol–water partition coefficient (Wildman–Crippen LogP) is 2.60. The monoisotopic (exact) mass is 358 g/mol. The summed E-state index contributed by atoms with van der Waals surface area (Å²) < 4.78 is 5.20. The smallest absolute Gasteiger partial charge is 0.315 e. The highest BCUT2D eigenvalue weighted by atomic mass is 16.5. The van der Waals surface area contributed by atoms with Gasteiger partial charge in [0.15, 0.2) is 0 Å². The molecule has 1 amide bonds. The standard InChI is InChI=1S/C21H30N2O3/c1-2-26-21(25)18(14-7-4-3-5-8-14)13-23-20(24)17-11-15-9-6-10-16(12-17)19(15)22/h3-5,7-8,15-19H,2,6,9-13,22H2,1H3,(H,23,24). The quantitative estimate of drug-likeness (QED) is 0.766. The highest BCUT2D eigenvalue weighted by Gasteiger charge is 2.40. The van der Waals surface area contributed by atoms with Crippen LogP contribution in [0, 0.1) is 17.8 Å². The zero-order chi connectivity index (χ0) is 18.5. The van der Waals surface area contributed by atoms with Gasteiger partial charge in [-0.05, 0) is 50.0 Å². The van der Waals surface area contributed by atoms with Crippen molar-refractivity contribution >= 4 is 11.9 Å².